The fourth-order valence-corrected chi connectivity index (χ4v) is 1.72. The van der Waals surface area contributed by atoms with Crippen LogP contribution in [-0.2, 0) is 6.18 Å². The SMILES string of the molecule is FC(F)(F)c1ccc(N2CC[NH2+]CC2)nc1. The minimum atomic E-state index is -4.30. The van der Waals surface area contributed by atoms with E-state index in [1.807, 2.05) is 4.90 Å². The van der Waals surface area contributed by atoms with E-state index in [4.69, 9.17) is 0 Å². The highest BCUT2D eigenvalue weighted by Crippen LogP contribution is 2.29. The summed E-state index contributed by atoms with van der Waals surface area (Å²) in [5.74, 6) is 0.626. The fraction of sp³-hybridized carbons (Fsp3) is 0.500. The molecule has 3 nitrogen and oxygen atoms in total. The number of alkyl halides is 3. The number of anilines is 1. The quantitative estimate of drug-likeness (QED) is 0.764. The van der Waals surface area contributed by atoms with Gasteiger partial charge in [0.2, 0.25) is 0 Å². The molecule has 2 rings (SSSR count). The predicted molar refractivity (Wildman–Crippen MR) is 53.1 cm³/mol. The molecule has 1 aliphatic heterocycles. The molecule has 2 N–H and O–H groups in total. The Morgan fingerprint density at radius 2 is 1.88 bits per heavy atom. The lowest BCUT2D eigenvalue weighted by molar-refractivity contribution is -0.655. The Morgan fingerprint density at radius 3 is 2.38 bits per heavy atom. The van der Waals surface area contributed by atoms with E-state index in [9.17, 15) is 13.2 Å². The summed E-state index contributed by atoms with van der Waals surface area (Å²) in [4.78, 5) is 5.86. The number of pyridine rings is 1. The Kier molecular flexibility index (Phi) is 3.00. The highest BCUT2D eigenvalue weighted by molar-refractivity contribution is 5.39. The zero-order valence-electron chi connectivity index (χ0n) is 8.67. The summed E-state index contributed by atoms with van der Waals surface area (Å²) in [6, 6.07) is 2.52. The molecule has 1 fully saturated rings. The molecule has 0 spiro atoms. The Labute approximate surface area is 91.3 Å². The van der Waals surface area contributed by atoms with E-state index < -0.39 is 11.7 Å². The van der Waals surface area contributed by atoms with Crippen molar-refractivity contribution in [2.75, 3.05) is 31.1 Å². The first-order valence-electron chi connectivity index (χ1n) is 5.17. The highest BCUT2D eigenvalue weighted by atomic mass is 19.4. The maximum absolute atomic E-state index is 12.3. The third kappa shape index (κ3) is 2.44. The summed E-state index contributed by atoms with van der Waals surface area (Å²) >= 11 is 0. The van der Waals surface area contributed by atoms with Gasteiger partial charge in [0.05, 0.1) is 31.7 Å². The average Bonchev–Trinajstić information content (AvgIpc) is 2.29. The molecular formula is C10H13F3N3+. The van der Waals surface area contributed by atoms with Crippen molar-refractivity contribution in [3.05, 3.63) is 23.9 Å². The van der Waals surface area contributed by atoms with Gasteiger partial charge < -0.3 is 10.2 Å². The average molecular weight is 232 g/mol. The fourth-order valence-electron chi connectivity index (χ4n) is 1.72. The first-order valence-corrected chi connectivity index (χ1v) is 5.17. The summed E-state index contributed by atoms with van der Waals surface area (Å²) in [5.41, 5.74) is -0.695. The summed E-state index contributed by atoms with van der Waals surface area (Å²) in [5, 5.41) is 2.18. The molecule has 0 saturated carbocycles. The van der Waals surface area contributed by atoms with Crippen molar-refractivity contribution in [3.63, 3.8) is 0 Å². The first kappa shape index (κ1) is 11.2. The molecule has 6 heteroatoms. The lowest BCUT2D eigenvalue weighted by atomic mass is 10.2. The molecule has 2 heterocycles. The van der Waals surface area contributed by atoms with E-state index in [2.05, 4.69) is 10.3 Å². The van der Waals surface area contributed by atoms with Crippen molar-refractivity contribution < 1.29 is 18.5 Å². The number of piperazine rings is 1. The number of hydrogen-bond acceptors (Lipinski definition) is 2. The molecule has 0 amide bonds. The molecule has 1 aromatic heterocycles. The van der Waals surface area contributed by atoms with Gasteiger partial charge in [-0.1, -0.05) is 0 Å². The van der Waals surface area contributed by atoms with Crippen LogP contribution in [-0.4, -0.2) is 31.2 Å². The normalized spacial score (nSPS) is 17.6. The molecule has 1 aliphatic rings. The maximum Gasteiger partial charge on any atom is 0.417 e. The van der Waals surface area contributed by atoms with Gasteiger partial charge in [-0.3, -0.25) is 0 Å². The van der Waals surface area contributed by atoms with E-state index in [0.29, 0.717) is 5.82 Å². The molecule has 0 bridgehead atoms. The third-order valence-electron chi connectivity index (χ3n) is 2.61. The number of hydrogen-bond donors (Lipinski definition) is 1. The second-order valence-corrected chi connectivity index (χ2v) is 3.76. The van der Waals surface area contributed by atoms with Gasteiger partial charge in [0.15, 0.2) is 0 Å². The van der Waals surface area contributed by atoms with Crippen LogP contribution in [0.15, 0.2) is 18.3 Å². The molecule has 1 saturated heterocycles. The molecule has 0 aliphatic carbocycles. The number of rotatable bonds is 1. The second kappa shape index (κ2) is 4.29. The summed E-state index contributed by atoms with van der Waals surface area (Å²) in [6.07, 6.45) is -3.41. The lowest BCUT2D eigenvalue weighted by Crippen LogP contribution is -2.89. The van der Waals surface area contributed by atoms with E-state index in [-0.39, 0.29) is 0 Å². The molecule has 16 heavy (non-hydrogen) atoms. The molecule has 0 radical (unpaired) electrons. The minimum Gasteiger partial charge on any atom is -0.345 e. The zero-order valence-corrected chi connectivity index (χ0v) is 8.67. The van der Waals surface area contributed by atoms with Crippen LogP contribution in [0, 0.1) is 0 Å². The summed E-state index contributed by atoms with van der Waals surface area (Å²) in [6.45, 7) is 3.59. The number of nitrogens with zero attached hydrogens (tertiary/aromatic N) is 2. The van der Waals surface area contributed by atoms with Gasteiger partial charge in [0.25, 0.3) is 0 Å². The Balaban J connectivity index is 2.12. The van der Waals surface area contributed by atoms with Crippen LogP contribution in [0.2, 0.25) is 0 Å². The van der Waals surface area contributed by atoms with E-state index in [1.54, 1.807) is 0 Å². The Morgan fingerprint density at radius 1 is 1.19 bits per heavy atom. The number of aromatic nitrogens is 1. The monoisotopic (exact) mass is 232 g/mol. The second-order valence-electron chi connectivity index (χ2n) is 3.76. The van der Waals surface area contributed by atoms with Crippen LogP contribution >= 0.6 is 0 Å². The van der Waals surface area contributed by atoms with E-state index >= 15 is 0 Å². The third-order valence-corrected chi connectivity index (χ3v) is 2.61. The van der Waals surface area contributed by atoms with Crippen LogP contribution in [0.5, 0.6) is 0 Å². The largest absolute Gasteiger partial charge is 0.417 e. The van der Waals surface area contributed by atoms with Crippen LogP contribution in [0.25, 0.3) is 0 Å². The predicted octanol–water partition coefficient (Wildman–Crippen LogP) is 0.484. The molecular weight excluding hydrogens is 219 g/mol. The number of quaternary nitrogens is 1. The lowest BCUT2D eigenvalue weighted by Gasteiger charge is -2.26. The van der Waals surface area contributed by atoms with Crippen molar-refractivity contribution in [3.8, 4) is 0 Å². The molecule has 0 unspecified atom stereocenters. The number of nitrogens with two attached hydrogens (primary N) is 1. The van der Waals surface area contributed by atoms with Crippen molar-refractivity contribution in [2.45, 2.75) is 6.18 Å². The van der Waals surface area contributed by atoms with Gasteiger partial charge in [-0.15, -0.1) is 0 Å². The van der Waals surface area contributed by atoms with Gasteiger partial charge in [-0.05, 0) is 12.1 Å². The molecule has 0 aromatic carbocycles. The van der Waals surface area contributed by atoms with Crippen LogP contribution in [0.4, 0.5) is 19.0 Å². The molecule has 0 atom stereocenters. The van der Waals surface area contributed by atoms with Gasteiger partial charge in [0.1, 0.15) is 5.82 Å². The van der Waals surface area contributed by atoms with Gasteiger partial charge in [0, 0.05) is 6.20 Å². The van der Waals surface area contributed by atoms with Gasteiger partial charge in [-0.2, -0.15) is 13.2 Å². The Hall–Kier alpha value is -1.30. The summed E-state index contributed by atoms with van der Waals surface area (Å²) in [7, 11) is 0. The highest BCUT2D eigenvalue weighted by Gasteiger charge is 2.30. The van der Waals surface area contributed by atoms with Crippen molar-refractivity contribution in [1.29, 1.82) is 0 Å². The van der Waals surface area contributed by atoms with Crippen LogP contribution < -0.4 is 10.2 Å². The smallest absolute Gasteiger partial charge is 0.345 e. The van der Waals surface area contributed by atoms with Crippen molar-refractivity contribution in [1.82, 2.24) is 4.98 Å². The Bertz CT molecular complexity index is 341. The standard InChI is InChI=1S/C10H12F3N3/c11-10(12,13)8-1-2-9(15-7-8)16-5-3-14-4-6-16/h1-2,7,14H,3-6H2/p+1. The molecule has 88 valence electrons. The van der Waals surface area contributed by atoms with Crippen molar-refractivity contribution >= 4 is 5.82 Å². The number of halogens is 3. The molecule has 1 aromatic rings. The van der Waals surface area contributed by atoms with Crippen molar-refractivity contribution in [2.24, 2.45) is 0 Å². The topological polar surface area (TPSA) is 32.7 Å². The minimum absolute atomic E-state index is 0.626. The van der Waals surface area contributed by atoms with E-state index in [0.717, 1.165) is 38.4 Å². The van der Waals surface area contributed by atoms with Crippen LogP contribution in [0.3, 0.4) is 0 Å². The maximum atomic E-state index is 12.3. The first-order chi connectivity index (χ1) is 7.57. The van der Waals surface area contributed by atoms with E-state index in [1.165, 1.54) is 6.07 Å². The van der Waals surface area contributed by atoms with Gasteiger partial charge in [-0.25, -0.2) is 4.98 Å². The summed E-state index contributed by atoms with van der Waals surface area (Å²) < 4.78 is 36.9. The van der Waals surface area contributed by atoms with Crippen LogP contribution in [0.1, 0.15) is 5.56 Å². The zero-order chi connectivity index (χ0) is 11.6. The van der Waals surface area contributed by atoms with Gasteiger partial charge >= 0.3 is 6.18 Å².